The van der Waals surface area contributed by atoms with Gasteiger partial charge < -0.3 is 9.88 Å². The molecule has 2 heterocycles. The number of carbonyl (C=O) groups excluding carboxylic acids is 1. The predicted molar refractivity (Wildman–Crippen MR) is 125 cm³/mol. The molecule has 3 aromatic rings. The van der Waals surface area contributed by atoms with Gasteiger partial charge in [0.25, 0.3) is 15.9 Å². The minimum absolute atomic E-state index is 0.0203. The summed E-state index contributed by atoms with van der Waals surface area (Å²) in [4.78, 5) is 17.1. The van der Waals surface area contributed by atoms with E-state index in [4.69, 9.17) is 0 Å². The number of nitrogens with one attached hydrogen (secondary N) is 1. The van der Waals surface area contributed by atoms with Gasteiger partial charge in [0, 0.05) is 37.8 Å². The minimum atomic E-state index is -3.69. The molecule has 178 valence electrons. The van der Waals surface area contributed by atoms with Crippen LogP contribution in [-0.2, 0) is 28.9 Å². The van der Waals surface area contributed by atoms with Gasteiger partial charge in [-0.3, -0.25) is 4.79 Å². The molecule has 9 heteroatoms. The van der Waals surface area contributed by atoms with Crippen LogP contribution in [0.15, 0.2) is 60.0 Å². The van der Waals surface area contributed by atoms with E-state index in [1.54, 1.807) is 24.6 Å². The average Bonchev–Trinajstić information content (AvgIpc) is 3.37. The highest BCUT2D eigenvalue weighted by Crippen LogP contribution is 2.47. The van der Waals surface area contributed by atoms with E-state index in [-0.39, 0.29) is 16.6 Å². The molecule has 1 aromatic heterocycles. The Morgan fingerprint density at radius 3 is 2.59 bits per heavy atom. The van der Waals surface area contributed by atoms with Gasteiger partial charge in [-0.05, 0) is 55.0 Å². The number of nitrogens with zero attached hydrogens (tertiary/aromatic N) is 3. The number of aromatic nitrogens is 2. The van der Waals surface area contributed by atoms with Gasteiger partial charge >= 0.3 is 0 Å². The molecule has 1 amide bonds. The Morgan fingerprint density at radius 2 is 1.91 bits per heavy atom. The zero-order chi connectivity index (χ0) is 24.1. The molecule has 0 saturated carbocycles. The number of amides is 1. The zero-order valence-corrected chi connectivity index (χ0v) is 20.0. The normalized spacial score (nSPS) is 19.8. The fourth-order valence-corrected chi connectivity index (χ4v) is 6.82. The number of halogens is 1. The smallest absolute Gasteiger partial charge is 0.262 e. The van der Waals surface area contributed by atoms with Gasteiger partial charge in [0.2, 0.25) is 0 Å². The number of fused-ring (bicyclic) bond motifs is 2. The van der Waals surface area contributed by atoms with Gasteiger partial charge in [0.1, 0.15) is 5.82 Å². The quantitative estimate of drug-likeness (QED) is 0.620. The van der Waals surface area contributed by atoms with Gasteiger partial charge in [0.15, 0.2) is 5.03 Å². The topological polar surface area (TPSA) is 84.3 Å². The van der Waals surface area contributed by atoms with Crippen LogP contribution in [-0.4, -0.2) is 47.3 Å². The van der Waals surface area contributed by atoms with Crippen molar-refractivity contribution < 1.29 is 17.6 Å². The number of aryl methyl sites for hydroxylation is 2. The third kappa shape index (κ3) is 3.73. The first-order valence-electron chi connectivity index (χ1n) is 11.3. The number of imidazole rings is 1. The average molecular weight is 483 g/mol. The molecule has 0 radical (unpaired) electrons. The molecule has 1 spiro atoms. The second-order valence-electron chi connectivity index (χ2n) is 9.31. The fourth-order valence-electron chi connectivity index (χ4n) is 5.41. The molecular weight excluding hydrogens is 455 g/mol. The van der Waals surface area contributed by atoms with Crippen LogP contribution in [0.4, 0.5) is 4.39 Å². The molecule has 0 bridgehead atoms. The number of sulfonamides is 1. The molecular formula is C25H27FN4O3S. The second kappa shape index (κ2) is 8.32. The van der Waals surface area contributed by atoms with Crippen LogP contribution in [0.5, 0.6) is 0 Å². The van der Waals surface area contributed by atoms with Crippen LogP contribution in [0.1, 0.15) is 39.9 Å². The first kappa shape index (κ1) is 22.7. The summed E-state index contributed by atoms with van der Waals surface area (Å²) in [6, 6.07) is 12.4. The summed E-state index contributed by atoms with van der Waals surface area (Å²) in [7, 11) is -1.96. The maximum absolute atomic E-state index is 14.5. The predicted octanol–water partition coefficient (Wildman–Crippen LogP) is 2.94. The van der Waals surface area contributed by atoms with Crippen molar-refractivity contribution in [2.24, 2.45) is 7.05 Å². The Hall–Kier alpha value is -3.04. The van der Waals surface area contributed by atoms with E-state index in [9.17, 15) is 17.6 Å². The summed E-state index contributed by atoms with van der Waals surface area (Å²) in [5.74, 6) is -0.989. The van der Waals surface area contributed by atoms with Crippen molar-refractivity contribution in [1.82, 2.24) is 19.2 Å². The largest absolute Gasteiger partial charge is 0.348 e. The van der Waals surface area contributed by atoms with Gasteiger partial charge in [-0.25, -0.2) is 17.8 Å². The first-order chi connectivity index (χ1) is 16.2. The molecule has 34 heavy (non-hydrogen) atoms. The van der Waals surface area contributed by atoms with Gasteiger partial charge in [-0.2, -0.15) is 4.31 Å². The van der Waals surface area contributed by atoms with Crippen molar-refractivity contribution in [1.29, 1.82) is 0 Å². The Labute approximate surface area is 198 Å². The second-order valence-corrected chi connectivity index (χ2v) is 11.2. The van der Waals surface area contributed by atoms with E-state index in [1.807, 2.05) is 18.2 Å². The van der Waals surface area contributed by atoms with Crippen LogP contribution >= 0.6 is 0 Å². The van der Waals surface area contributed by atoms with Gasteiger partial charge in [-0.1, -0.05) is 30.3 Å². The lowest BCUT2D eigenvalue weighted by molar-refractivity contribution is 0.0892. The molecule has 1 saturated heterocycles. The summed E-state index contributed by atoms with van der Waals surface area (Å²) in [5.41, 5.74) is 2.63. The monoisotopic (exact) mass is 482 g/mol. The van der Waals surface area contributed by atoms with E-state index in [2.05, 4.69) is 16.4 Å². The van der Waals surface area contributed by atoms with Gasteiger partial charge in [0.05, 0.1) is 11.9 Å². The molecule has 1 atom stereocenters. The number of hydrogen-bond acceptors (Lipinski definition) is 4. The number of benzene rings is 2. The lowest BCUT2D eigenvalue weighted by atomic mass is 9.71. The van der Waals surface area contributed by atoms with Crippen LogP contribution < -0.4 is 5.32 Å². The summed E-state index contributed by atoms with van der Waals surface area (Å²) < 4.78 is 43.8. The van der Waals surface area contributed by atoms with E-state index in [0.29, 0.717) is 32.4 Å². The first-order valence-corrected chi connectivity index (χ1v) is 12.8. The van der Waals surface area contributed by atoms with Crippen molar-refractivity contribution in [3.63, 3.8) is 0 Å². The highest BCUT2D eigenvalue weighted by Gasteiger charge is 2.50. The highest BCUT2D eigenvalue weighted by molar-refractivity contribution is 7.89. The van der Waals surface area contributed by atoms with Crippen molar-refractivity contribution in [2.45, 2.75) is 42.7 Å². The number of rotatable bonds is 4. The zero-order valence-electron chi connectivity index (χ0n) is 19.2. The number of piperidine rings is 1. The Balaban J connectivity index is 1.42. The standard InChI is InChI=1S/C25H27FN4O3S/c1-17-7-8-19(21(26)13-17)24(31)28-22-14-18-5-3-4-6-20(18)25(22)9-11-30(12-10-25)34(32,33)23-15-29(2)16-27-23/h3-8,13,15-16,22H,9-12,14H2,1-2H3,(H,28,31). The van der Waals surface area contributed by atoms with E-state index < -0.39 is 27.2 Å². The van der Waals surface area contributed by atoms with Gasteiger partial charge in [-0.15, -0.1) is 0 Å². The van der Waals surface area contributed by atoms with E-state index >= 15 is 0 Å². The summed E-state index contributed by atoms with van der Waals surface area (Å²) >= 11 is 0. The van der Waals surface area contributed by atoms with E-state index in [0.717, 1.165) is 16.7 Å². The fraction of sp³-hybridized carbons (Fsp3) is 0.360. The third-order valence-corrected chi connectivity index (χ3v) is 9.00. The molecule has 7 nitrogen and oxygen atoms in total. The SMILES string of the molecule is Cc1ccc(C(=O)NC2Cc3ccccc3C23CCN(S(=O)(=O)c2cn(C)cn2)CC3)c(F)c1. The molecule has 1 unspecified atom stereocenters. The maximum Gasteiger partial charge on any atom is 0.262 e. The van der Waals surface area contributed by atoms with E-state index in [1.165, 1.54) is 29.0 Å². The molecule has 5 rings (SSSR count). The van der Waals surface area contributed by atoms with Crippen molar-refractivity contribution >= 4 is 15.9 Å². The summed E-state index contributed by atoms with van der Waals surface area (Å²) in [5, 5.41) is 3.13. The summed E-state index contributed by atoms with van der Waals surface area (Å²) in [6.07, 6.45) is 4.71. The Kier molecular flexibility index (Phi) is 5.56. The van der Waals surface area contributed by atoms with Crippen molar-refractivity contribution in [3.05, 3.63) is 83.1 Å². The summed E-state index contributed by atoms with van der Waals surface area (Å²) in [6.45, 7) is 2.41. The molecule has 1 fully saturated rings. The van der Waals surface area contributed by atoms with Crippen LogP contribution in [0.2, 0.25) is 0 Å². The Bertz CT molecular complexity index is 1360. The number of hydrogen-bond donors (Lipinski definition) is 1. The third-order valence-electron chi connectivity index (χ3n) is 7.22. The van der Waals surface area contributed by atoms with Crippen molar-refractivity contribution in [3.8, 4) is 0 Å². The molecule has 1 aliphatic carbocycles. The van der Waals surface area contributed by atoms with Crippen molar-refractivity contribution in [2.75, 3.05) is 13.1 Å². The molecule has 1 N–H and O–H groups in total. The van der Waals surface area contributed by atoms with Crippen LogP contribution in [0.3, 0.4) is 0 Å². The highest BCUT2D eigenvalue weighted by atomic mass is 32.2. The molecule has 1 aliphatic heterocycles. The number of carbonyl (C=O) groups is 1. The Morgan fingerprint density at radius 1 is 1.18 bits per heavy atom. The van der Waals surface area contributed by atoms with Crippen LogP contribution in [0, 0.1) is 12.7 Å². The maximum atomic E-state index is 14.5. The lowest BCUT2D eigenvalue weighted by Crippen LogP contribution is -2.54. The minimum Gasteiger partial charge on any atom is -0.348 e. The lowest BCUT2D eigenvalue weighted by Gasteiger charge is -2.43. The van der Waals surface area contributed by atoms with Crippen LogP contribution in [0.25, 0.3) is 0 Å². The molecule has 2 aromatic carbocycles. The molecule has 2 aliphatic rings.